The molecule has 0 spiro atoms. The van der Waals surface area contributed by atoms with E-state index in [2.05, 4.69) is 10.1 Å². The van der Waals surface area contributed by atoms with Crippen LogP contribution in [-0.2, 0) is 0 Å². The molecule has 0 atom stereocenters. The number of hydrogen-bond acceptors (Lipinski definition) is 3. The van der Waals surface area contributed by atoms with Gasteiger partial charge in [0.1, 0.15) is 0 Å². The van der Waals surface area contributed by atoms with E-state index in [1.807, 2.05) is 30.7 Å². The lowest BCUT2D eigenvalue weighted by atomic mass is 10.3. The molecule has 0 saturated carbocycles. The Hall–Kier alpha value is -1.84. The minimum atomic E-state index is 0.708. The number of aromatic nitrogens is 3. The molecule has 2 heterocycles. The Morgan fingerprint density at radius 3 is 2.71 bits per heavy atom. The monoisotopic (exact) mass is 188 g/mol. The van der Waals surface area contributed by atoms with Crippen LogP contribution in [0.2, 0.25) is 0 Å². The summed E-state index contributed by atoms with van der Waals surface area (Å²) in [6.07, 6.45) is 3.42. The van der Waals surface area contributed by atoms with Gasteiger partial charge in [0.05, 0.1) is 23.3 Å². The topological polar surface area (TPSA) is 56.7 Å². The Bertz CT molecular complexity index is 459. The van der Waals surface area contributed by atoms with Crippen LogP contribution in [0.3, 0.4) is 0 Å². The van der Waals surface area contributed by atoms with Gasteiger partial charge in [-0.2, -0.15) is 5.10 Å². The number of nitrogen functional groups attached to an aromatic ring is 1. The molecule has 2 N–H and O–H groups in total. The molecule has 72 valence electrons. The molecule has 2 aromatic rings. The second-order valence-corrected chi connectivity index (χ2v) is 3.25. The van der Waals surface area contributed by atoms with Gasteiger partial charge in [0.15, 0.2) is 0 Å². The molecule has 0 saturated heterocycles. The van der Waals surface area contributed by atoms with E-state index in [0.29, 0.717) is 5.69 Å². The number of pyridine rings is 1. The molecule has 2 rings (SSSR count). The van der Waals surface area contributed by atoms with Crippen molar-refractivity contribution in [1.29, 1.82) is 0 Å². The highest BCUT2D eigenvalue weighted by Crippen LogP contribution is 2.14. The fourth-order valence-corrected chi connectivity index (χ4v) is 1.34. The van der Waals surface area contributed by atoms with Crippen molar-refractivity contribution in [1.82, 2.24) is 14.8 Å². The smallest absolute Gasteiger partial charge is 0.0734 e. The summed E-state index contributed by atoms with van der Waals surface area (Å²) in [7, 11) is 0. The predicted octanol–water partition coefficient (Wildman–Crippen LogP) is 1.47. The molecule has 0 amide bonds. The van der Waals surface area contributed by atoms with E-state index in [4.69, 9.17) is 5.73 Å². The Labute approximate surface area is 82.4 Å². The zero-order valence-electron chi connectivity index (χ0n) is 8.23. The minimum absolute atomic E-state index is 0.708. The number of rotatable bonds is 1. The van der Waals surface area contributed by atoms with Gasteiger partial charge in [-0.1, -0.05) is 0 Å². The van der Waals surface area contributed by atoms with Gasteiger partial charge in [0.25, 0.3) is 0 Å². The Morgan fingerprint density at radius 1 is 1.36 bits per heavy atom. The molecule has 4 nitrogen and oxygen atoms in total. The molecule has 0 aromatic carbocycles. The summed E-state index contributed by atoms with van der Waals surface area (Å²) in [5, 5.41) is 4.19. The third-order valence-corrected chi connectivity index (χ3v) is 2.17. The summed E-state index contributed by atoms with van der Waals surface area (Å²) < 4.78 is 1.81. The number of aryl methyl sites for hydroxylation is 1. The lowest BCUT2D eigenvalue weighted by Crippen LogP contribution is -2.00. The third kappa shape index (κ3) is 1.35. The highest BCUT2D eigenvalue weighted by atomic mass is 15.3. The summed E-state index contributed by atoms with van der Waals surface area (Å²) in [5.41, 5.74) is 9.34. The van der Waals surface area contributed by atoms with Crippen molar-refractivity contribution in [2.45, 2.75) is 13.8 Å². The van der Waals surface area contributed by atoms with E-state index in [9.17, 15) is 0 Å². The van der Waals surface area contributed by atoms with Crippen LogP contribution in [0.25, 0.3) is 5.69 Å². The highest BCUT2D eigenvalue weighted by Gasteiger charge is 2.04. The van der Waals surface area contributed by atoms with Gasteiger partial charge in [0.2, 0.25) is 0 Å². The maximum Gasteiger partial charge on any atom is 0.0734 e. The van der Waals surface area contributed by atoms with Crippen molar-refractivity contribution in [3.63, 3.8) is 0 Å². The number of anilines is 1. The van der Waals surface area contributed by atoms with Gasteiger partial charge in [-0.25, -0.2) is 4.68 Å². The van der Waals surface area contributed by atoms with E-state index >= 15 is 0 Å². The maximum atomic E-state index is 5.72. The maximum absolute atomic E-state index is 5.72. The summed E-state index contributed by atoms with van der Waals surface area (Å²) in [5.74, 6) is 0. The van der Waals surface area contributed by atoms with E-state index in [1.54, 1.807) is 12.4 Å². The van der Waals surface area contributed by atoms with E-state index in [1.165, 1.54) is 0 Å². The molecule has 0 aliphatic rings. The Balaban J connectivity index is 2.55. The number of nitrogens with two attached hydrogens (primary N) is 1. The molecular weight excluding hydrogens is 176 g/mol. The van der Waals surface area contributed by atoms with Crippen molar-refractivity contribution >= 4 is 5.69 Å². The molecule has 0 aliphatic carbocycles. The quantitative estimate of drug-likeness (QED) is 0.737. The van der Waals surface area contributed by atoms with Crippen molar-refractivity contribution in [2.75, 3.05) is 5.73 Å². The van der Waals surface area contributed by atoms with E-state index in [0.717, 1.165) is 17.1 Å². The van der Waals surface area contributed by atoms with Crippen LogP contribution in [0.5, 0.6) is 0 Å². The van der Waals surface area contributed by atoms with Crippen molar-refractivity contribution < 1.29 is 0 Å². The Kier molecular flexibility index (Phi) is 1.96. The molecule has 14 heavy (non-hydrogen) atoms. The third-order valence-electron chi connectivity index (χ3n) is 2.17. The SMILES string of the molecule is Cc1cc(-n2ncc(N)c2C)ccn1. The lowest BCUT2D eigenvalue weighted by Gasteiger charge is -2.04. The van der Waals surface area contributed by atoms with Crippen LogP contribution in [0.4, 0.5) is 5.69 Å². The van der Waals surface area contributed by atoms with Crippen LogP contribution >= 0.6 is 0 Å². The van der Waals surface area contributed by atoms with Crippen LogP contribution < -0.4 is 5.73 Å². The molecule has 0 fully saturated rings. The standard InChI is InChI=1S/C10H12N4/c1-7-5-9(3-4-12-7)14-8(2)10(11)6-13-14/h3-6H,11H2,1-2H3. The summed E-state index contributed by atoms with van der Waals surface area (Å²) >= 11 is 0. The first kappa shape index (κ1) is 8.74. The van der Waals surface area contributed by atoms with Gasteiger partial charge in [0, 0.05) is 11.9 Å². The molecule has 0 radical (unpaired) electrons. The first-order valence-corrected chi connectivity index (χ1v) is 4.41. The first-order valence-electron chi connectivity index (χ1n) is 4.41. The van der Waals surface area contributed by atoms with E-state index < -0.39 is 0 Å². The normalized spacial score (nSPS) is 10.4. The Morgan fingerprint density at radius 2 is 2.14 bits per heavy atom. The van der Waals surface area contributed by atoms with Gasteiger partial charge in [-0.3, -0.25) is 4.98 Å². The van der Waals surface area contributed by atoms with Crippen LogP contribution in [0.1, 0.15) is 11.4 Å². The van der Waals surface area contributed by atoms with Crippen LogP contribution in [0, 0.1) is 13.8 Å². The molecular formula is C10H12N4. The van der Waals surface area contributed by atoms with Crippen LogP contribution in [-0.4, -0.2) is 14.8 Å². The largest absolute Gasteiger partial charge is 0.396 e. The molecule has 4 heteroatoms. The van der Waals surface area contributed by atoms with Gasteiger partial charge < -0.3 is 5.73 Å². The average molecular weight is 188 g/mol. The summed E-state index contributed by atoms with van der Waals surface area (Å²) in [6, 6.07) is 3.88. The van der Waals surface area contributed by atoms with Crippen molar-refractivity contribution in [2.24, 2.45) is 0 Å². The molecule has 2 aromatic heterocycles. The second kappa shape index (κ2) is 3.14. The summed E-state index contributed by atoms with van der Waals surface area (Å²) in [4.78, 5) is 4.13. The number of nitrogens with zero attached hydrogens (tertiary/aromatic N) is 3. The highest BCUT2D eigenvalue weighted by molar-refractivity contribution is 5.45. The second-order valence-electron chi connectivity index (χ2n) is 3.25. The zero-order valence-corrected chi connectivity index (χ0v) is 8.23. The van der Waals surface area contributed by atoms with Gasteiger partial charge in [-0.05, 0) is 26.0 Å². The molecule has 0 bridgehead atoms. The predicted molar refractivity (Wildman–Crippen MR) is 55.2 cm³/mol. The average Bonchev–Trinajstić information content (AvgIpc) is 2.48. The fourth-order valence-electron chi connectivity index (χ4n) is 1.34. The zero-order chi connectivity index (χ0) is 10.1. The van der Waals surface area contributed by atoms with Crippen LogP contribution in [0.15, 0.2) is 24.5 Å². The number of hydrogen-bond donors (Lipinski definition) is 1. The molecule has 0 aliphatic heterocycles. The van der Waals surface area contributed by atoms with Gasteiger partial charge in [-0.15, -0.1) is 0 Å². The fraction of sp³-hybridized carbons (Fsp3) is 0.200. The van der Waals surface area contributed by atoms with Gasteiger partial charge >= 0.3 is 0 Å². The molecule has 0 unspecified atom stereocenters. The minimum Gasteiger partial charge on any atom is -0.396 e. The first-order chi connectivity index (χ1) is 6.68. The lowest BCUT2D eigenvalue weighted by molar-refractivity contribution is 0.843. The van der Waals surface area contributed by atoms with E-state index in [-0.39, 0.29) is 0 Å². The van der Waals surface area contributed by atoms with Crippen molar-refractivity contribution in [3.8, 4) is 5.69 Å². The van der Waals surface area contributed by atoms with Crippen molar-refractivity contribution in [3.05, 3.63) is 35.9 Å². The summed E-state index contributed by atoms with van der Waals surface area (Å²) in [6.45, 7) is 3.89.